The molecule has 3 rings (SSSR count). The van der Waals surface area contributed by atoms with E-state index in [9.17, 15) is 19.5 Å². The van der Waals surface area contributed by atoms with Gasteiger partial charge in [-0.25, -0.2) is 4.79 Å². The molecule has 1 fully saturated rings. The van der Waals surface area contributed by atoms with E-state index < -0.39 is 11.9 Å². The van der Waals surface area contributed by atoms with Crippen LogP contribution in [0.25, 0.3) is 6.08 Å². The zero-order valence-corrected chi connectivity index (χ0v) is 17.2. The number of carbonyl (C=O) groups is 3. The number of hydrogen-bond acceptors (Lipinski definition) is 5. The van der Waals surface area contributed by atoms with Gasteiger partial charge in [-0.1, -0.05) is 39.3 Å². The monoisotopic (exact) mass is 396 g/mol. The highest BCUT2D eigenvalue weighted by molar-refractivity contribution is 5.89. The Hall–Kier alpha value is -2.69. The number of allylic oxidation sites excluding steroid dienone is 2. The number of hydrogen-bond donors (Lipinski definition) is 1. The standard InChI is InChI=1S/C24H28O5/c1-23(2)11-4-12-24(3)19(15-26)18(14-25)20(13-21(23)24)29-22(28)10-7-16-5-8-17(27)9-6-16/h5-10,14-15,19,21,27H,4,11-13H2,1-3H3. The zero-order chi connectivity index (χ0) is 21.2. The van der Waals surface area contributed by atoms with Crippen molar-refractivity contribution in [1.29, 1.82) is 0 Å². The van der Waals surface area contributed by atoms with Gasteiger partial charge in [0.05, 0.1) is 5.92 Å². The molecular formula is C24H28O5. The Labute approximate surface area is 171 Å². The predicted molar refractivity (Wildman–Crippen MR) is 110 cm³/mol. The maximum absolute atomic E-state index is 12.4. The molecule has 2 aliphatic carbocycles. The molecule has 1 N–H and O–H groups in total. The highest BCUT2D eigenvalue weighted by Gasteiger charge is 2.55. The van der Waals surface area contributed by atoms with E-state index in [1.54, 1.807) is 18.2 Å². The first-order chi connectivity index (χ1) is 13.7. The van der Waals surface area contributed by atoms with Gasteiger partial charge >= 0.3 is 5.97 Å². The Balaban J connectivity index is 1.88. The third kappa shape index (κ3) is 4.04. The summed E-state index contributed by atoms with van der Waals surface area (Å²) in [5, 5.41) is 9.33. The lowest BCUT2D eigenvalue weighted by Gasteiger charge is -2.55. The van der Waals surface area contributed by atoms with Crippen molar-refractivity contribution in [2.45, 2.75) is 46.5 Å². The van der Waals surface area contributed by atoms with Gasteiger partial charge in [-0.05, 0) is 53.4 Å². The number of ether oxygens (including phenoxy) is 1. The van der Waals surface area contributed by atoms with E-state index in [-0.39, 0.29) is 22.5 Å². The number of esters is 1. The smallest absolute Gasteiger partial charge is 0.335 e. The zero-order valence-electron chi connectivity index (χ0n) is 17.2. The predicted octanol–water partition coefficient (Wildman–Crippen LogP) is 4.45. The lowest BCUT2D eigenvalue weighted by Crippen LogP contribution is -2.50. The number of benzene rings is 1. The molecule has 0 spiro atoms. The summed E-state index contributed by atoms with van der Waals surface area (Å²) in [5.74, 6) is -0.552. The van der Waals surface area contributed by atoms with E-state index in [1.165, 1.54) is 18.2 Å². The van der Waals surface area contributed by atoms with Crippen molar-refractivity contribution in [2.75, 3.05) is 0 Å². The number of aldehydes is 2. The maximum Gasteiger partial charge on any atom is 0.335 e. The van der Waals surface area contributed by atoms with Crippen LogP contribution in [0.1, 0.15) is 52.0 Å². The van der Waals surface area contributed by atoms with Gasteiger partial charge in [0.1, 0.15) is 24.1 Å². The maximum atomic E-state index is 12.4. The summed E-state index contributed by atoms with van der Waals surface area (Å²) in [6.07, 6.45) is 7.80. The summed E-state index contributed by atoms with van der Waals surface area (Å²) in [6, 6.07) is 6.40. The number of carbonyl (C=O) groups excluding carboxylic acids is 3. The minimum absolute atomic E-state index is 0.0117. The van der Waals surface area contributed by atoms with Gasteiger partial charge in [0.15, 0.2) is 0 Å². The van der Waals surface area contributed by atoms with Crippen molar-refractivity contribution in [2.24, 2.45) is 22.7 Å². The number of rotatable bonds is 5. The number of phenolic OH excluding ortho intramolecular Hbond substituents is 1. The van der Waals surface area contributed by atoms with Crippen molar-refractivity contribution < 1.29 is 24.2 Å². The molecule has 3 atom stereocenters. The van der Waals surface area contributed by atoms with Gasteiger partial charge in [-0.15, -0.1) is 0 Å². The van der Waals surface area contributed by atoms with Crippen LogP contribution in [-0.2, 0) is 19.1 Å². The lowest BCUT2D eigenvalue weighted by molar-refractivity contribution is -0.138. The highest BCUT2D eigenvalue weighted by atomic mass is 16.5. The van der Waals surface area contributed by atoms with Crippen LogP contribution in [0.3, 0.4) is 0 Å². The summed E-state index contributed by atoms with van der Waals surface area (Å²) >= 11 is 0. The Morgan fingerprint density at radius 2 is 1.83 bits per heavy atom. The molecule has 154 valence electrons. The average Bonchev–Trinajstić information content (AvgIpc) is 2.67. The van der Waals surface area contributed by atoms with Crippen LogP contribution in [0.5, 0.6) is 5.75 Å². The van der Waals surface area contributed by atoms with Crippen LogP contribution in [-0.4, -0.2) is 23.6 Å². The first kappa shape index (κ1) is 21.0. The van der Waals surface area contributed by atoms with Gasteiger partial charge in [-0.3, -0.25) is 4.79 Å². The van der Waals surface area contributed by atoms with Crippen molar-refractivity contribution in [3.63, 3.8) is 0 Å². The van der Waals surface area contributed by atoms with Crippen LogP contribution >= 0.6 is 0 Å². The van der Waals surface area contributed by atoms with Gasteiger partial charge in [0, 0.05) is 18.1 Å². The van der Waals surface area contributed by atoms with E-state index in [1.807, 2.05) is 0 Å². The third-order valence-electron chi connectivity index (χ3n) is 6.82. The molecule has 1 aromatic rings. The SMILES string of the molecule is CC1(C)CCCC2(C)C(C=O)C(C=O)=C(OC(=O)C=Cc3ccc(O)cc3)CC12. The normalized spacial score (nSPS) is 28.7. The molecule has 0 bridgehead atoms. The molecule has 2 aliphatic rings. The van der Waals surface area contributed by atoms with Crippen LogP contribution < -0.4 is 0 Å². The van der Waals surface area contributed by atoms with Gasteiger partial charge in [0.25, 0.3) is 0 Å². The molecule has 0 aromatic heterocycles. The van der Waals surface area contributed by atoms with Crippen LogP contribution in [0.2, 0.25) is 0 Å². The Kier molecular flexibility index (Phi) is 5.78. The molecular weight excluding hydrogens is 368 g/mol. The summed E-state index contributed by atoms with van der Waals surface area (Å²) in [7, 11) is 0. The van der Waals surface area contributed by atoms with E-state index >= 15 is 0 Å². The molecule has 0 radical (unpaired) electrons. The van der Waals surface area contributed by atoms with Crippen molar-refractivity contribution in [1.82, 2.24) is 0 Å². The fourth-order valence-electron chi connectivity index (χ4n) is 5.25. The highest BCUT2D eigenvalue weighted by Crippen LogP contribution is 2.60. The van der Waals surface area contributed by atoms with E-state index in [2.05, 4.69) is 20.8 Å². The molecule has 1 aromatic carbocycles. The van der Waals surface area contributed by atoms with Crippen LogP contribution in [0.15, 0.2) is 41.7 Å². The molecule has 29 heavy (non-hydrogen) atoms. The first-order valence-electron chi connectivity index (χ1n) is 10.0. The van der Waals surface area contributed by atoms with Crippen molar-refractivity contribution >= 4 is 24.6 Å². The lowest BCUT2D eigenvalue weighted by atomic mass is 9.48. The van der Waals surface area contributed by atoms with E-state index in [0.717, 1.165) is 31.1 Å². The van der Waals surface area contributed by atoms with Gasteiger partial charge in [0.2, 0.25) is 0 Å². The second-order valence-corrected chi connectivity index (χ2v) is 9.06. The Morgan fingerprint density at radius 3 is 2.45 bits per heavy atom. The fourth-order valence-corrected chi connectivity index (χ4v) is 5.25. The number of fused-ring (bicyclic) bond motifs is 1. The molecule has 5 nitrogen and oxygen atoms in total. The summed E-state index contributed by atoms with van der Waals surface area (Å²) in [4.78, 5) is 36.3. The first-order valence-corrected chi connectivity index (χ1v) is 10.0. The second-order valence-electron chi connectivity index (χ2n) is 9.06. The molecule has 1 saturated carbocycles. The number of phenols is 1. The molecule has 5 heteroatoms. The topological polar surface area (TPSA) is 80.7 Å². The Morgan fingerprint density at radius 1 is 1.14 bits per heavy atom. The average molecular weight is 396 g/mol. The fraction of sp³-hybridized carbons (Fsp3) is 0.458. The van der Waals surface area contributed by atoms with E-state index in [4.69, 9.17) is 4.74 Å². The van der Waals surface area contributed by atoms with Crippen molar-refractivity contribution in [3.05, 3.63) is 47.2 Å². The minimum atomic E-state index is -0.589. The quantitative estimate of drug-likeness (QED) is 0.452. The molecule has 0 heterocycles. The van der Waals surface area contributed by atoms with Crippen LogP contribution in [0.4, 0.5) is 0 Å². The largest absolute Gasteiger partial charge is 0.508 e. The molecule has 0 saturated heterocycles. The molecule has 3 unspecified atom stereocenters. The molecule has 0 aliphatic heterocycles. The van der Waals surface area contributed by atoms with E-state index in [0.29, 0.717) is 24.0 Å². The second kappa shape index (κ2) is 7.97. The Bertz CT molecular complexity index is 862. The third-order valence-corrected chi connectivity index (χ3v) is 6.82. The van der Waals surface area contributed by atoms with Gasteiger partial charge < -0.3 is 14.6 Å². The number of aromatic hydroxyl groups is 1. The van der Waals surface area contributed by atoms with Crippen molar-refractivity contribution in [3.8, 4) is 5.75 Å². The van der Waals surface area contributed by atoms with Gasteiger partial charge in [-0.2, -0.15) is 0 Å². The summed E-state index contributed by atoms with van der Waals surface area (Å²) < 4.78 is 5.57. The minimum Gasteiger partial charge on any atom is -0.508 e. The molecule has 0 amide bonds. The summed E-state index contributed by atoms with van der Waals surface area (Å²) in [6.45, 7) is 6.46. The van der Waals surface area contributed by atoms with Crippen LogP contribution in [0, 0.1) is 22.7 Å². The summed E-state index contributed by atoms with van der Waals surface area (Å²) in [5.41, 5.74) is 0.710.